The topological polar surface area (TPSA) is 61.6 Å². The van der Waals surface area contributed by atoms with Crippen LogP contribution in [-0.2, 0) is 0 Å². The van der Waals surface area contributed by atoms with Crippen LogP contribution < -0.4 is 11.3 Å². The summed E-state index contributed by atoms with van der Waals surface area (Å²) in [6.45, 7) is 7.38. The van der Waals surface area contributed by atoms with Crippen molar-refractivity contribution in [2.75, 3.05) is 32.1 Å². The lowest BCUT2D eigenvalue weighted by Gasteiger charge is -2.36. The highest BCUT2D eigenvalue weighted by Crippen LogP contribution is 2.22. The van der Waals surface area contributed by atoms with E-state index in [1.807, 2.05) is 37.1 Å². The predicted octanol–water partition coefficient (Wildman–Crippen LogP) is 1.84. The van der Waals surface area contributed by atoms with E-state index in [0.717, 1.165) is 38.0 Å². The van der Waals surface area contributed by atoms with E-state index in [1.54, 1.807) is 0 Å². The van der Waals surface area contributed by atoms with Crippen LogP contribution in [0, 0.1) is 6.92 Å². The number of rotatable bonds is 4. The Morgan fingerprint density at radius 2 is 2.10 bits per heavy atom. The SMILES string of the molecule is CCN1CCC(N(C)C(=O)c2cc(C)ccc2NN)CC1. The third kappa shape index (κ3) is 3.54. The normalized spacial score (nSPS) is 16.8. The second kappa shape index (κ2) is 6.91. The first-order valence-electron chi connectivity index (χ1n) is 7.63. The van der Waals surface area contributed by atoms with Crippen molar-refractivity contribution in [3.05, 3.63) is 29.3 Å². The van der Waals surface area contributed by atoms with Gasteiger partial charge in [0.05, 0.1) is 11.3 Å². The van der Waals surface area contributed by atoms with Crippen LogP contribution in [0.2, 0.25) is 0 Å². The van der Waals surface area contributed by atoms with Crippen molar-refractivity contribution >= 4 is 11.6 Å². The van der Waals surface area contributed by atoms with Crippen molar-refractivity contribution < 1.29 is 4.79 Å². The van der Waals surface area contributed by atoms with Crippen molar-refractivity contribution in [2.45, 2.75) is 32.7 Å². The van der Waals surface area contributed by atoms with Gasteiger partial charge in [-0.1, -0.05) is 18.6 Å². The number of nitrogen functional groups attached to an aromatic ring is 1. The molecule has 0 spiro atoms. The van der Waals surface area contributed by atoms with Crippen LogP contribution in [0.3, 0.4) is 0 Å². The summed E-state index contributed by atoms with van der Waals surface area (Å²) >= 11 is 0. The molecule has 3 N–H and O–H groups in total. The molecule has 116 valence electrons. The van der Waals surface area contributed by atoms with Gasteiger partial charge in [0.25, 0.3) is 5.91 Å². The molecular formula is C16H26N4O. The molecule has 1 aliphatic rings. The van der Waals surface area contributed by atoms with Crippen molar-refractivity contribution in [3.63, 3.8) is 0 Å². The van der Waals surface area contributed by atoms with Gasteiger partial charge in [0, 0.05) is 26.2 Å². The fourth-order valence-electron chi connectivity index (χ4n) is 2.94. The summed E-state index contributed by atoms with van der Waals surface area (Å²) in [5, 5.41) is 0. The van der Waals surface area contributed by atoms with Crippen LogP contribution in [-0.4, -0.2) is 48.4 Å². The molecule has 0 aromatic heterocycles. The number of nitrogens with zero attached hydrogens (tertiary/aromatic N) is 2. The second-order valence-electron chi connectivity index (χ2n) is 5.77. The molecule has 0 unspecified atom stereocenters. The molecule has 1 heterocycles. The number of piperidine rings is 1. The first-order valence-corrected chi connectivity index (χ1v) is 7.63. The Morgan fingerprint density at radius 1 is 1.43 bits per heavy atom. The first-order chi connectivity index (χ1) is 10.1. The molecule has 0 atom stereocenters. The molecule has 5 heteroatoms. The van der Waals surface area contributed by atoms with Crippen LogP contribution in [0.25, 0.3) is 0 Å². The maximum absolute atomic E-state index is 12.7. The van der Waals surface area contributed by atoms with Gasteiger partial charge in [0.2, 0.25) is 0 Å². The molecular weight excluding hydrogens is 264 g/mol. The highest BCUT2D eigenvalue weighted by molar-refractivity contribution is 5.99. The number of benzene rings is 1. The minimum absolute atomic E-state index is 0.0431. The van der Waals surface area contributed by atoms with E-state index < -0.39 is 0 Å². The van der Waals surface area contributed by atoms with E-state index in [1.165, 1.54) is 0 Å². The monoisotopic (exact) mass is 290 g/mol. The maximum Gasteiger partial charge on any atom is 0.256 e. The molecule has 0 radical (unpaired) electrons. The minimum atomic E-state index is 0.0431. The Labute approximate surface area is 127 Å². The molecule has 1 aliphatic heterocycles. The maximum atomic E-state index is 12.7. The van der Waals surface area contributed by atoms with Gasteiger partial charge in [0.1, 0.15) is 0 Å². The van der Waals surface area contributed by atoms with Crippen molar-refractivity contribution in [2.24, 2.45) is 5.84 Å². The molecule has 0 bridgehead atoms. The number of likely N-dealkylation sites (tertiary alicyclic amines) is 1. The van der Waals surface area contributed by atoms with Gasteiger partial charge in [-0.25, -0.2) is 0 Å². The smallest absolute Gasteiger partial charge is 0.256 e. The highest BCUT2D eigenvalue weighted by Gasteiger charge is 2.26. The molecule has 1 aromatic rings. The number of aryl methyl sites for hydroxylation is 1. The number of anilines is 1. The third-order valence-electron chi connectivity index (χ3n) is 4.43. The van der Waals surface area contributed by atoms with Crippen LogP contribution in [0.4, 0.5) is 5.69 Å². The second-order valence-corrected chi connectivity index (χ2v) is 5.77. The van der Waals surface area contributed by atoms with E-state index in [-0.39, 0.29) is 5.91 Å². The number of nitrogens with one attached hydrogen (secondary N) is 1. The highest BCUT2D eigenvalue weighted by atomic mass is 16.2. The van der Waals surface area contributed by atoms with E-state index in [0.29, 0.717) is 17.3 Å². The van der Waals surface area contributed by atoms with E-state index in [9.17, 15) is 4.79 Å². The van der Waals surface area contributed by atoms with Gasteiger partial charge in [-0.05, 0) is 38.4 Å². The standard InChI is InChI=1S/C16H26N4O/c1-4-20-9-7-13(8-10-20)19(3)16(21)14-11-12(2)5-6-15(14)18-17/h5-6,11,13,18H,4,7-10,17H2,1-3H3. The van der Waals surface area contributed by atoms with Gasteiger partial charge in [-0.3, -0.25) is 10.6 Å². The zero-order chi connectivity index (χ0) is 15.4. The van der Waals surface area contributed by atoms with Gasteiger partial charge < -0.3 is 15.2 Å². The molecule has 2 rings (SSSR count). The quantitative estimate of drug-likeness (QED) is 0.656. The predicted molar refractivity (Wildman–Crippen MR) is 86.2 cm³/mol. The summed E-state index contributed by atoms with van der Waals surface area (Å²) in [5.41, 5.74) is 5.02. The summed E-state index contributed by atoms with van der Waals surface area (Å²) in [4.78, 5) is 17.0. The Balaban J connectivity index is 2.11. The molecule has 1 saturated heterocycles. The van der Waals surface area contributed by atoms with E-state index in [4.69, 9.17) is 5.84 Å². The van der Waals surface area contributed by atoms with Gasteiger partial charge in [0.15, 0.2) is 0 Å². The van der Waals surface area contributed by atoms with E-state index in [2.05, 4.69) is 17.2 Å². The van der Waals surface area contributed by atoms with Crippen LogP contribution in [0.5, 0.6) is 0 Å². The fourth-order valence-corrected chi connectivity index (χ4v) is 2.94. The number of hydrazine groups is 1. The van der Waals surface area contributed by atoms with E-state index >= 15 is 0 Å². The van der Waals surface area contributed by atoms with Crippen molar-refractivity contribution in [3.8, 4) is 0 Å². The molecule has 21 heavy (non-hydrogen) atoms. The zero-order valence-electron chi connectivity index (χ0n) is 13.2. The largest absolute Gasteiger partial charge is 0.339 e. The molecule has 5 nitrogen and oxygen atoms in total. The third-order valence-corrected chi connectivity index (χ3v) is 4.43. The van der Waals surface area contributed by atoms with Crippen molar-refractivity contribution in [1.82, 2.24) is 9.80 Å². The summed E-state index contributed by atoms with van der Waals surface area (Å²) in [6, 6.07) is 6.02. The Bertz CT molecular complexity index is 495. The minimum Gasteiger partial charge on any atom is -0.339 e. The summed E-state index contributed by atoms with van der Waals surface area (Å²) in [7, 11) is 1.90. The Morgan fingerprint density at radius 3 is 2.67 bits per heavy atom. The number of carbonyl (C=O) groups excluding carboxylic acids is 1. The molecule has 0 saturated carbocycles. The van der Waals surface area contributed by atoms with Crippen LogP contribution >= 0.6 is 0 Å². The summed E-state index contributed by atoms with van der Waals surface area (Å²) in [6.07, 6.45) is 2.07. The summed E-state index contributed by atoms with van der Waals surface area (Å²) in [5.74, 6) is 5.57. The number of amides is 1. The first kappa shape index (κ1) is 15.8. The molecule has 1 aromatic carbocycles. The number of hydrogen-bond acceptors (Lipinski definition) is 4. The number of nitrogens with two attached hydrogens (primary N) is 1. The van der Waals surface area contributed by atoms with Crippen LogP contribution in [0.1, 0.15) is 35.7 Å². The lowest BCUT2D eigenvalue weighted by atomic mass is 10.0. The average molecular weight is 290 g/mol. The molecule has 0 aliphatic carbocycles. The molecule has 1 amide bonds. The van der Waals surface area contributed by atoms with Gasteiger partial charge in [-0.2, -0.15) is 0 Å². The zero-order valence-corrected chi connectivity index (χ0v) is 13.2. The Hall–Kier alpha value is -1.59. The summed E-state index contributed by atoms with van der Waals surface area (Å²) < 4.78 is 0. The molecule has 1 fully saturated rings. The van der Waals surface area contributed by atoms with Gasteiger partial charge >= 0.3 is 0 Å². The van der Waals surface area contributed by atoms with Gasteiger partial charge in [-0.15, -0.1) is 0 Å². The van der Waals surface area contributed by atoms with Crippen LogP contribution in [0.15, 0.2) is 18.2 Å². The number of hydrogen-bond donors (Lipinski definition) is 2. The average Bonchev–Trinajstić information content (AvgIpc) is 2.53. The lowest BCUT2D eigenvalue weighted by molar-refractivity contribution is 0.0647. The van der Waals surface area contributed by atoms with Crippen molar-refractivity contribution in [1.29, 1.82) is 0 Å². The fraction of sp³-hybridized carbons (Fsp3) is 0.562. The lowest BCUT2D eigenvalue weighted by Crippen LogP contribution is -2.45. The number of carbonyl (C=O) groups is 1. The Kier molecular flexibility index (Phi) is 5.20.